The molecule has 24 heavy (non-hydrogen) atoms. The van der Waals surface area contributed by atoms with E-state index in [0.29, 0.717) is 11.4 Å². The Balaban J connectivity index is 2.13. The van der Waals surface area contributed by atoms with Crippen molar-refractivity contribution in [2.45, 2.75) is 24.8 Å². The molecule has 0 spiro atoms. The number of hydrogen-bond acceptors (Lipinski definition) is 4. The van der Waals surface area contributed by atoms with Crippen LogP contribution in [0.4, 0.5) is 5.69 Å². The van der Waals surface area contributed by atoms with E-state index in [1.54, 1.807) is 38.3 Å². The molecule has 0 aromatic heterocycles. The number of sulfonamides is 1. The number of ether oxygens (including phenoxy) is 1. The molecule has 0 saturated carbocycles. The molecule has 0 aliphatic heterocycles. The Bertz CT molecular complexity index is 799. The number of carbonyl (C=O) groups is 1. The van der Waals surface area contributed by atoms with Crippen LogP contribution in [0.15, 0.2) is 53.4 Å². The summed E-state index contributed by atoms with van der Waals surface area (Å²) in [6.07, 6.45) is 0. The molecule has 0 bridgehead atoms. The minimum absolute atomic E-state index is 0.136. The summed E-state index contributed by atoms with van der Waals surface area (Å²) in [5.41, 5.74) is 1.37. The van der Waals surface area contributed by atoms with E-state index in [9.17, 15) is 13.2 Å². The maximum absolute atomic E-state index is 12.4. The number of hydrogen-bond donors (Lipinski definition) is 2. The molecule has 0 saturated heterocycles. The largest absolute Gasteiger partial charge is 0.497 e. The number of benzene rings is 2. The smallest absolute Gasteiger partial charge is 0.241 e. The van der Waals surface area contributed by atoms with Crippen molar-refractivity contribution >= 4 is 21.6 Å². The highest BCUT2D eigenvalue weighted by atomic mass is 32.2. The first-order valence-electron chi connectivity index (χ1n) is 7.36. The molecule has 0 radical (unpaired) electrons. The van der Waals surface area contributed by atoms with E-state index < -0.39 is 16.1 Å². The quantitative estimate of drug-likeness (QED) is 0.840. The summed E-state index contributed by atoms with van der Waals surface area (Å²) in [7, 11) is -2.09. The van der Waals surface area contributed by atoms with Crippen LogP contribution < -0.4 is 14.8 Å². The monoisotopic (exact) mass is 348 g/mol. The van der Waals surface area contributed by atoms with E-state index in [2.05, 4.69) is 10.0 Å². The average Bonchev–Trinajstić information content (AvgIpc) is 2.54. The number of rotatable bonds is 6. The molecule has 0 aliphatic rings. The van der Waals surface area contributed by atoms with Crippen molar-refractivity contribution in [1.29, 1.82) is 0 Å². The lowest BCUT2D eigenvalue weighted by molar-refractivity contribution is -0.114. The third-order valence-electron chi connectivity index (χ3n) is 3.43. The molecule has 2 N–H and O–H groups in total. The fourth-order valence-electron chi connectivity index (χ4n) is 2.18. The Morgan fingerprint density at radius 2 is 1.62 bits per heavy atom. The van der Waals surface area contributed by atoms with Crippen molar-refractivity contribution in [2.75, 3.05) is 12.4 Å². The van der Waals surface area contributed by atoms with Crippen LogP contribution >= 0.6 is 0 Å². The first-order chi connectivity index (χ1) is 11.3. The van der Waals surface area contributed by atoms with Crippen LogP contribution in [-0.2, 0) is 14.8 Å². The van der Waals surface area contributed by atoms with Gasteiger partial charge in [-0.05, 0) is 48.9 Å². The molecule has 2 aromatic rings. The van der Waals surface area contributed by atoms with Crippen molar-refractivity contribution in [3.63, 3.8) is 0 Å². The lowest BCUT2D eigenvalue weighted by Gasteiger charge is -2.15. The highest BCUT2D eigenvalue weighted by Gasteiger charge is 2.18. The summed E-state index contributed by atoms with van der Waals surface area (Å²) in [5, 5.41) is 2.59. The Kier molecular flexibility index (Phi) is 5.58. The molecule has 0 unspecified atom stereocenters. The highest BCUT2D eigenvalue weighted by Crippen LogP contribution is 2.20. The van der Waals surface area contributed by atoms with Gasteiger partial charge in [-0.2, -0.15) is 0 Å². The average molecular weight is 348 g/mol. The van der Waals surface area contributed by atoms with Crippen LogP contribution in [0.1, 0.15) is 25.5 Å². The van der Waals surface area contributed by atoms with Crippen LogP contribution in [0.5, 0.6) is 5.75 Å². The van der Waals surface area contributed by atoms with E-state index >= 15 is 0 Å². The molecule has 0 heterocycles. The van der Waals surface area contributed by atoms with Crippen LogP contribution in [0.3, 0.4) is 0 Å². The zero-order chi connectivity index (χ0) is 17.7. The van der Waals surface area contributed by atoms with E-state index in [0.717, 1.165) is 5.56 Å². The normalized spacial score (nSPS) is 12.5. The predicted molar refractivity (Wildman–Crippen MR) is 92.5 cm³/mol. The molecule has 2 rings (SSSR count). The summed E-state index contributed by atoms with van der Waals surface area (Å²) in [4.78, 5) is 11.1. The Hall–Kier alpha value is -2.38. The number of amides is 1. The fraction of sp³-hybridized carbons (Fsp3) is 0.235. The zero-order valence-electron chi connectivity index (χ0n) is 13.7. The minimum atomic E-state index is -3.66. The summed E-state index contributed by atoms with van der Waals surface area (Å²) in [6.45, 7) is 3.16. The van der Waals surface area contributed by atoms with Gasteiger partial charge in [0, 0.05) is 18.7 Å². The Morgan fingerprint density at radius 3 is 2.12 bits per heavy atom. The maximum atomic E-state index is 12.4. The summed E-state index contributed by atoms with van der Waals surface area (Å²) in [6, 6.07) is 12.8. The molecule has 7 heteroatoms. The molecule has 0 aliphatic carbocycles. The van der Waals surface area contributed by atoms with Crippen LogP contribution in [0.25, 0.3) is 0 Å². The minimum Gasteiger partial charge on any atom is -0.497 e. The van der Waals surface area contributed by atoms with Gasteiger partial charge in [-0.15, -0.1) is 0 Å². The molecule has 6 nitrogen and oxygen atoms in total. The molecule has 128 valence electrons. The molecule has 0 fully saturated rings. The first kappa shape index (κ1) is 18.0. The van der Waals surface area contributed by atoms with Gasteiger partial charge in [0.1, 0.15) is 5.75 Å². The van der Waals surface area contributed by atoms with Gasteiger partial charge < -0.3 is 10.1 Å². The van der Waals surface area contributed by atoms with Gasteiger partial charge in [-0.3, -0.25) is 4.79 Å². The second-order valence-electron chi connectivity index (χ2n) is 5.32. The van der Waals surface area contributed by atoms with Gasteiger partial charge in [0.25, 0.3) is 0 Å². The summed E-state index contributed by atoms with van der Waals surface area (Å²) < 4.78 is 32.6. The van der Waals surface area contributed by atoms with E-state index in [-0.39, 0.29) is 10.8 Å². The van der Waals surface area contributed by atoms with Gasteiger partial charge in [0.15, 0.2) is 0 Å². The van der Waals surface area contributed by atoms with E-state index in [1.165, 1.54) is 19.1 Å². The molecule has 1 atom stereocenters. The van der Waals surface area contributed by atoms with Crippen molar-refractivity contribution < 1.29 is 17.9 Å². The molecular formula is C17H20N2O4S. The number of methoxy groups -OCH3 is 1. The van der Waals surface area contributed by atoms with Gasteiger partial charge in [-0.25, -0.2) is 13.1 Å². The van der Waals surface area contributed by atoms with Crippen molar-refractivity contribution in [1.82, 2.24) is 4.72 Å². The van der Waals surface area contributed by atoms with Crippen molar-refractivity contribution in [3.05, 3.63) is 54.1 Å². The lowest BCUT2D eigenvalue weighted by Crippen LogP contribution is -2.26. The van der Waals surface area contributed by atoms with Crippen molar-refractivity contribution in [3.8, 4) is 5.75 Å². The molecule has 2 aromatic carbocycles. The SMILES string of the molecule is COc1ccc([C@H](C)NS(=O)(=O)c2ccc(NC(C)=O)cc2)cc1. The standard InChI is InChI=1S/C17H20N2O4S/c1-12(14-4-8-16(23-3)9-5-14)19-24(21,22)17-10-6-15(7-11-17)18-13(2)20/h4-12,19H,1-3H3,(H,18,20)/t12-/m0/s1. The second kappa shape index (κ2) is 7.46. The summed E-state index contributed by atoms with van der Waals surface area (Å²) >= 11 is 0. The Labute approximate surface area is 141 Å². The predicted octanol–water partition coefficient (Wildman–Crippen LogP) is 2.69. The summed E-state index contributed by atoms with van der Waals surface area (Å²) in [5.74, 6) is 0.499. The molecular weight excluding hydrogens is 328 g/mol. The Morgan fingerprint density at radius 1 is 1.04 bits per heavy atom. The van der Waals surface area contributed by atoms with Crippen molar-refractivity contribution in [2.24, 2.45) is 0 Å². The zero-order valence-corrected chi connectivity index (χ0v) is 14.6. The molecule has 1 amide bonds. The first-order valence-corrected chi connectivity index (χ1v) is 8.84. The topological polar surface area (TPSA) is 84.5 Å². The van der Waals surface area contributed by atoms with Crippen LogP contribution in [0, 0.1) is 0 Å². The highest BCUT2D eigenvalue weighted by molar-refractivity contribution is 7.89. The number of carbonyl (C=O) groups excluding carboxylic acids is 1. The van der Waals surface area contributed by atoms with E-state index in [4.69, 9.17) is 4.74 Å². The van der Waals surface area contributed by atoms with Gasteiger partial charge >= 0.3 is 0 Å². The number of nitrogens with one attached hydrogen (secondary N) is 2. The van der Waals surface area contributed by atoms with E-state index in [1.807, 2.05) is 12.1 Å². The third-order valence-corrected chi connectivity index (χ3v) is 4.99. The third kappa shape index (κ3) is 4.56. The van der Waals surface area contributed by atoms with Crippen LogP contribution in [-0.4, -0.2) is 21.4 Å². The fourth-order valence-corrected chi connectivity index (χ4v) is 3.41. The van der Waals surface area contributed by atoms with Crippen LogP contribution in [0.2, 0.25) is 0 Å². The number of anilines is 1. The van der Waals surface area contributed by atoms with Gasteiger partial charge in [0.05, 0.1) is 12.0 Å². The maximum Gasteiger partial charge on any atom is 0.241 e. The van der Waals surface area contributed by atoms with Gasteiger partial charge in [0.2, 0.25) is 15.9 Å². The van der Waals surface area contributed by atoms with Gasteiger partial charge in [-0.1, -0.05) is 12.1 Å². The lowest BCUT2D eigenvalue weighted by atomic mass is 10.1. The second-order valence-corrected chi connectivity index (χ2v) is 7.04.